The predicted molar refractivity (Wildman–Crippen MR) is 65.1 cm³/mol. The molecule has 0 fully saturated rings. The zero-order valence-corrected chi connectivity index (χ0v) is 9.85. The number of carbonyl (C=O) groups is 1. The predicted octanol–water partition coefficient (Wildman–Crippen LogP) is 2.98. The van der Waals surface area contributed by atoms with Crippen LogP contribution < -0.4 is 0 Å². The molecule has 0 aliphatic heterocycles. The van der Waals surface area contributed by atoms with Crippen LogP contribution in [0.15, 0.2) is 42.5 Å². The first-order valence-electron chi connectivity index (χ1n) is 5.49. The Morgan fingerprint density at radius 3 is 2.69 bits per heavy atom. The number of rotatable bonds is 6. The molecule has 16 heavy (non-hydrogen) atoms. The summed E-state index contributed by atoms with van der Waals surface area (Å²) in [4.78, 5) is 10.7. The highest BCUT2D eigenvalue weighted by Gasteiger charge is 1.98. The maximum atomic E-state index is 10.7. The average Bonchev–Trinajstić information content (AvgIpc) is 2.28. The fourth-order valence-electron chi connectivity index (χ4n) is 1.29. The molecule has 0 spiro atoms. The van der Waals surface area contributed by atoms with Crippen LogP contribution in [0.4, 0.5) is 0 Å². The van der Waals surface area contributed by atoms with Crippen molar-refractivity contribution in [3.8, 4) is 0 Å². The molecule has 0 aromatic heterocycles. The number of ether oxygens (including phenoxy) is 1. The van der Waals surface area contributed by atoms with Crippen molar-refractivity contribution in [2.24, 2.45) is 5.92 Å². The number of allylic oxidation sites excluding steroid dienone is 1. The van der Waals surface area contributed by atoms with Gasteiger partial charge in [0.15, 0.2) is 5.78 Å². The molecule has 0 aliphatic rings. The summed E-state index contributed by atoms with van der Waals surface area (Å²) in [6, 6.07) is 10.1. The van der Waals surface area contributed by atoms with Gasteiger partial charge in [0.25, 0.3) is 0 Å². The van der Waals surface area contributed by atoms with Crippen molar-refractivity contribution >= 4 is 5.78 Å². The molecule has 1 aromatic rings. The lowest BCUT2D eigenvalue weighted by atomic mass is 10.1. The summed E-state index contributed by atoms with van der Waals surface area (Å²) in [5.41, 5.74) is 1.17. The molecule has 0 bridgehead atoms. The van der Waals surface area contributed by atoms with Gasteiger partial charge in [-0.05, 0) is 24.5 Å². The van der Waals surface area contributed by atoms with Crippen LogP contribution in [0.25, 0.3) is 0 Å². The molecule has 2 heteroatoms. The van der Waals surface area contributed by atoms with Gasteiger partial charge in [-0.15, -0.1) is 0 Å². The molecule has 0 radical (unpaired) electrons. The van der Waals surface area contributed by atoms with Crippen LogP contribution in [0.5, 0.6) is 0 Å². The van der Waals surface area contributed by atoms with Crippen molar-refractivity contribution in [2.75, 3.05) is 6.61 Å². The van der Waals surface area contributed by atoms with E-state index in [4.69, 9.17) is 4.74 Å². The normalized spacial score (nSPS) is 12.9. The van der Waals surface area contributed by atoms with Crippen LogP contribution in [0, 0.1) is 5.92 Å². The van der Waals surface area contributed by atoms with Crippen LogP contribution in [0.2, 0.25) is 0 Å². The van der Waals surface area contributed by atoms with Crippen LogP contribution in [0.3, 0.4) is 0 Å². The van der Waals surface area contributed by atoms with E-state index < -0.39 is 0 Å². The molecule has 1 atom stereocenters. The molecule has 0 amide bonds. The largest absolute Gasteiger partial charge is 0.376 e. The SMILES string of the molecule is CC(=O)/C=C/C(C)COCc1ccccc1. The summed E-state index contributed by atoms with van der Waals surface area (Å²) in [7, 11) is 0. The average molecular weight is 218 g/mol. The van der Waals surface area contributed by atoms with Gasteiger partial charge in [-0.2, -0.15) is 0 Å². The van der Waals surface area contributed by atoms with Crippen LogP contribution >= 0.6 is 0 Å². The second-order valence-electron chi connectivity index (χ2n) is 3.95. The van der Waals surface area contributed by atoms with E-state index >= 15 is 0 Å². The van der Waals surface area contributed by atoms with Gasteiger partial charge in [-0.3, -0.25) is 4.79 Å². The molecule has 0 N–H and O–H groups in total. The number of hydrogen-bond donors (Lipinski definition) is 0. The van der Waals surface area contributed by atoms with Gasteiger partial charge < -0.3 is 4.74 Å². The highest BCUT2D eigenvalue weighted by molar-refractivity contribution is 5.87. The Bertz CT molecular complexity index is 341. The minimum absolute atomic E-state index is 0.0786. The van der Waals surface area contributed by atoms with E-state index in [0.717, 1.165) is 0 Å². The minimum Gasteiger partial charge on any atom is -0.376 e. The molecule has 86 valence electrons. The fourth-order valence-corrected chi connectivity index (χ4v) is 1.29. The third kappa shape index (κ3) is 5.47. The second kappa shape index (κ2) is 6.96. The Labute approximate surface area is 96.9 Å². The van der Waals surface area contributed by atoms with Crippen molar-refractivity contribution in [3.05, 3.63) is 48.0 Å². The summed E-state index contributed by atoms with van der Waals surface area (Å²) < 4.78 is 5.55. The Hall–Kier alpha value is -1.41. The van der Waals surface area contributed by atoms with E-state index in [1.807, 2.05) is 43.3 Å². The van der Waals surface area contributed by atoms with E-state index in [2.05, 4.69) is 0 Å². The molecule has 0 saturated carbocycles. The van der Waals surface area contributed by atoms with E-state index in [1.54, 1.807) is 13.0 Å². The zero-order valence-electron chi connectivity index (χ0n) is 9.85. The third-order valence-electron chi connectivity index (χ3n) is 2.15. The molecular formula is C14H18O2. The van der Waals surface area contributed by atoms with Gasteiger partial charge in [0, 0.05) is 0 Å². The first kappa shape index (κ1) is 12.7. The summed E-state index contributed by atoms with van der Waals surface area (Å²) in [6.45, 7) is 4.84. The lowest BCUT2D eigenvalue weighted by molar-refractivity contribution is -0.112. The van der Waals surface area contributed by atoms with Crippen molar-refractivity contribution in [1.29, 1.82) is 0 Å². The topological polar surface area (TPSA) is 26.3 Å². The van der Waals surface area contributed by atoms with Crippen LogP contribution in [0.1, 0.15) is 19.4 Å². The highest BCUT2D eigenvalue weighted by atomic mass is 16.5. The lowest BCUT2D eigenvalue weighted by Gasteiger charge is -2.07. The van der Waals surface area contributed by atoms with Crippen LogP contribution in [-0.2, 0) is 16.1 Å². The van der Waals surface area contributed by atoms with E-state index in [1.165, 1.54) is 5.56 Å². The van der Waals surface area contributed by atoms with Crippen LogP contribution in [-0.4, -0.2) is 12.4 Å². The summed E-state index contributed by atoms with van der Waals surface area (Å²) in [6.07, 6.45) is 3.48. The van der Waals surface area contributed by atoms with Gasteiger partial charge in [-0.1, -0.05) is 43.3 Å². The van der Waals surface area contributed by atoms with Crippen molar-refractivity contribution in [1.82, 2.24) is 0 Å². The Kier molecular flexibility index (Phi) is 5.51. The standard InChI is InChI=1S/C14H18O2/c1-12(8-9-13(2)15)10-16-11-14-6-4-3-5-7-14/h3-9,12H,10-11H2,1-2H3/b9-8+. The minimum atomic E-state index is 0.0786. The Morgan fingerprint density at radius 2 is 2.06 bits per heavy atom. The summed E-state index contributed by atoms with van der Waals surface area (Å²) >= 11 is 0. The van der Waals surface area contributed by atoms with Gasteiger partial charge >= 0.3 is 0 Å². The maximum absolute atomic E-state index is 10.7. The van der Waals surface area contributed by atoms with Gasteiger partial charge in [0.1, 0.15) is 0 Å². The van der Waals surface area contributed by atoms with Crippen molar-refractivity contribution in [3.63, 3.8) is 0 Å². The molecule has 2 nitrogen and oxygen atoms in total. The Balaban J connectivity index is 2.23. The second-order valence-corrected chi connectivity index (χ2v) is 3.95. The van der Waals surface area contributed by atoms with Gasteiger partial charge in [-0.25, -0.2) is 0 Å². The molecule has 0 heterocycles. The Morgan fingerprint density at radius 1 is 1.38 bits per heavy atom. The van der Waals surface area contributed by atoms with E-state index in [0.29, 0.717) is 13.2 Å². The summed E-state index contributed by atoms with van der Waals surface area (Å²) in [5, 5.41) is 0. The first-order chi connectivity index (χ1) is 7.68. The zero-order chi connectivity index (χ0) is 11.8. The summed E-state index contributed by atoms with van der Waals surface area (Å²) in [5.74, 6) is 0.350. The quantitative estimate of drug-likeness (QED) is 0.686. The monoisotopic (exact) mass is 218 g/mol. The first-order valence-corrected chi connectivity index (χ1v) is 5.49. The van der Waals surface area contributed by atoms with Crippen molar-refractivity contribution < 1.29 is 9.53 Å². The molecule has 1 aromatic carbocycles. The molecule has 0 saturated heterocycles. The smallest absolute Gasteiger partial charge is 0.152 e. The number of ketones is 1. The van der Waals surface area contributed by atoms with Gasteiger partial charge in [0.2, 0.25) is 0 Å². The molecule has 1 unspecified atom stereocenters. The van der Waals surface area contributed by atoms with E-state index in [-0.39, 0.29) is 11.7 Å². The lowest BCUT2D eigenvalue weighted by Crippen LogP contribution is -2.03. The molecular weight excluding hydrogens is 200 g/mol. The molecule has 0 aliphatic carbocycles. The third-order valence-corrected chi connectivity index (χ3v) is 2.15. The number of benzene rings is 1. The molecule has 1 rings (SSSR count). The fraction of sp³-hybridized carbons (Fsp3) is 0.357. The maximum Gasteiger partial charge on any atom is 0.152 e. The highest BCUT2D eigenvalue weighted by Crippen LogP contribution is 2.04. The number of carbonyl (C=O) groups excluding carboxylic acids is 1. The van der Waals surface area contributed by atoms with Crippen molar-refractivity contribution in [2.45, 2.75) is 20.5 Å². The van der Waals surface area contributed by atoms with Gasteiger partial charge in [0.05, 0.1) is 13.2 Å². The van der Waals surface area contributed by atoms with E-state index in [9.17, 15) is 4.79 Å². The number of hydrogen-bond acceptors (Lipinski definition) is 2.